The standard InChI is InChI=1S/C13H22N2O/c1-13(2,3)10-6-9(8-15-4)12(16-5)11(14)7-10/h6-7,15H,8,14H2,1-5H3. The van der Waals surface area contributed by atoms with Gasteiger partial charge in [0.05, 0.1) is 12.8 Å². The first-order valence-electron chi connectivity index (χ1n) is 5.51. The third-order valence-electron chi connectivity index (χ3n) is 2.63. The SMILES string of the molecule is CNCc1cc(C(C)(C)C)cc(N)c1OC. The van der Waals surface area contributed by atoms with Gasteiger partial charge in [0.15, 0.2) is 0 Å². The van der Waals surface area contributed by atoms with Gasteiger partial charge in [0.25, 0.3) is 0 Å². The van der Waals surface area contributed by atoms with Crippen LogP contribution in [0.3, 0.4) is 0 Å². The molecule has 3 N–H and O–H groups in total. The Morgan fingerprint density at radius 1 is 1.31 bits per heavy atom. The van der Waals surface area contributed by atoms with Crippen molar-refractivity contribution in [3.63, 3.8) is 0 Å². The first kappa shape index (κ1) is 12.8. The number of nitrogens with two attached hydrogens (primary N) is 1. The van der Waals surface area contributed by atoms with Crippen LogP contribution in [0.25, 0.3) is 0 Å². The molecule has 0 bridgehead atoms. The van der Waals surface area contributed by atoms with Crippen LogP contribution in [0.15, 0.2) is 12.1 Å². The van der Waals surface area contributed by atoms with Crippen molar-refractivity contribution in [2.45, 2.75) is 32.7 Å². The minimum Gasteiger partial charge on any atom is -0.494 e. The topological polar surface area (TPSA) is 47.3 Å². The van der Waals surface area contributed by atoms with E-state index < -0.39 is 0 Å². The lowest BCUT2D eigenvalue weighted by Crippen LogP contribution is -2.15. The molecule has 0 radical (unpaired) electrons. The second kappa shape index (κ2) is 4.74. The van der Waals surface area contributed by atoms with Crippen molar-refractivity contribution in [2.75, 3.05) is 19.9 Å². The lowest BCUT2D eigenvalue weighted by atomic mass is 9.85. The van der Waals surface area contributed by atoms with E-state index >= 15 is 0 Å². The highest BCUT2D eigenvalue weighted by atomic mass is 16.5. The van der Waals surface area contributed by atoms with Gasteiger partial charge in [0.1, 0.15) is 5.75 Å². The zero-order chi connectivity index (χ0) is 12.3. The van der Waals surface area contributed by atoms with Crippen molar-refractivity contribution >= 4 is 5.69 Å². The molecule has 0 aliphatic carbocycles. The number of hydrogen-bond acceptors (Lipinski definition) is 3. The molecular weight excluding hydrogens is 200 g/mol. The normalized spacial score (nSPS) is 11.6. The molecule has 0 heterocycles. The minimum absolute atomic E-state index is 0.100. The number of nitrogens with one attached hydrogen (secondary N) is 1. The summed E-state index contributed by atoms with van der Waals surface area (Å²) in [7, 11) is 3.57. The Morgan fingerprint density at radius 3 is 2.38 bits per heavy atom. The van der Waals surface area contributed by atoms with E-state index in [0.717, 1.165) is 17.9 Å². The molecule has 3 heteroatoms. The van der Waals surface area contributed by atoms with E-state index in [2.05, 4.69) is 32.2 Å². The highest BCUT2D eigenvalue weighted by Gasteiger charge is 2.17. The maximum atomic E-state index is 6.01. The molecule has 0 aromatic heterocycles. The average molecular weight is 222 g/mol. The Morgan fingerprint density at radius 2 is 1.94 bits per heavy atom. The lowest BCUT2D eigenvalue weighted by molar-refractivity contribution is 0.410. The van der Waals surface area contributed by atoms with Crippen LogP contribution in [0.1, 0.15) is 31.9 Å². The Hall–Kier alpha value is -1.22. The van der Waals surface area contributed by atoms with Gasteiger partial charge in [-0.1, -0.05) is 26.8 Å². The van der Waals surface area contributed by atoms with E-state index in [0.29, 0.717) is 5.69 Å². The zero-order valence-corrected chi connectivity index (χ0v) is 10.8. The van der Waals surface area contributed by atoms with E-state index in [9.17, 15) is 0 Å². The second-order valence-corrected chi connectivity index (χ2v) is 5.04. The molecule has 1 aromatic carbocycles. The van der Waals surface area contributed by atoms with Crippen molar-refractivity contribution in [3.05, 3.63) is 23.3 Å². The molecule has 90 valence electrons. The molecule has 0 atom stereocenters. The third kappa shape index (κ3) is 2.67. The summed E-state index contributed by atoms with van der Waals surface area (Å²) >= 11 is 0. The first-order chi connectivity index (χ1) is 7.40. The Bertz CT molecular complexity index is 367. The molecule has 16 heavy (non-hydrogen) atoms. The summed E-state index contributed by atoms with van der Waals surface area (Å²) in [5.74, 6) is 0.780. The van der Waals surface area contributed by atoms with Gasteiger partial charge in [-0.05, 0) is 24.1 Å². The zero-order valence-electron chi connectivity index (χ0n) is 10.8. The van der Waals surface area contributed by atoms with Gasteiger partial charge in [-0.2, -0.15) is 0 Å². The number of anilines is 1. The minimum atomic E-state index is 0.100. The number of ether oxygens (including phenoxy) is 1. The quantitative estimate of drug-likeness (QED) is 0.771. The van der Waals surface area contributed by atoms with E-state index in [1.807, 2.05) is 13.1 Å². The summed E-state index contributed by atoms with van der Waals surface area (Å²) < 4.78 is 5.33. The molecular formula is C13H22N2O. The van der Waals surface area contributed by atoms with Gasteiger partial charge in [0.2, 0.25) is 0 Å². The fourth-order valence-corrected chi connectivity index (χ4v) is 1.72. The molecule has 0 amide bonds. The molecule has 0 saturated carbocycles. The fourth-order valence-electron chi connectivity index (χ4n) is 1.72. The average Bonchev–Trinajstić information content (AvgIpc) is 2.16. The maximum absolute atomic E-state index is 6.01. The molecule has 0 aliphatic rings. The molecule has 0 saturated heterocycles. The Labute approximate surface area is 98.0 Å². The van der Waals surface area contributed by atoms with E-state index in [4.69, 9.17) is 10.5 Å². The van der Waals surface area contributed by atoms with Crippen LogP contribution in [0.5, 0.6) is 5.75 Å². The van der Waals surface area contributed by atoms with Crippen LogP contribution in [0.4, 0.5) is 5.69 Å². The van der Waals surface area contributed by atoms with E-state index in [-0.39, 0.29) is 5.41 Å². The van der Waals surface area contributed by atoms with Crippen molar-refractivity contribution in [1.29, 1.82) is 0 Å². The van der Waals surface area contributed by atoms with E-state index in [1.165, 1.54) is 5.56 Å². The Balaban J connectivity index is 3.28. The predicted molar refractivity (Wildman–Crippen MR) is 68.9 cm³/mol. The summed E-state index contributed by atoms with van der Waals surface area (Å²) in [5, 5.41) is 3.13. The van der Waals surface area contributed by atoms with Crippen molar-refractivity contribution in [1.82, 2.24) is 5.32 Å². The van der Waals surface area contributed by atoms with Gasteiger partial charge in [-0.3, -0.25) is 0 Å². The second-order valence-electron chi connectivity index (χ2n) is 5.04. The molecule has 0 spiro atoms. The van der Waals surface area contributed by atoms with Crippen LogP contribution in [0, 0.1) is 0 Å². The number of hydrogen-bond donors (Lipinski definition) is 2. The smallest absolute Gasteiger partial charge is 0.146 e. The van der Waals surface area contributed by atoms with E-state index in [1.54, 1.807) is 7.11 Å². The first-order valence-corrected chi connectivity index (χ1v) is 5.51. The van der Waals surface area contributed by atoms with Gasteiger partial charge in [0, 0.05) is 12.1 Å². The van der Waals surface area contributed by atoms with Crippen LogP contribution in [-0.4, -0.2) is 14.2 Å². The molecule has 1 rings (SSSR count). The number of methoxy groups -OCH3 is 1. The number of rotatable bonds is 3. The van der Waals surface area contributed by atoms with Crippen LogP contribution < -0.4 is 15.8 Å². The predicted octanol–water partition coefficient (Wildman–Crippen LogP) is 2.29. The summed E-state index contributed by atoms with van der Waals surface area (Å²) in [6.07, 6.45) is 0. The largest absolute Gasteiger partial charge is 0.494 e. The summed E-state index contributed by atoms with van der Waals surface area (Å²) in [6.45, 7) is 7.30. The van der Waals surface area contributed by atoms with Crippen LogP contribution in [-0.2, 0) is 12.0 Å². The molecule has 0 aliphatic heterocycles. The van der Waals surface area contributed by atoms with Crippen molar-refractivity contribution in [3.8, 4) is 5.75 Å². The highest BCUT2D eigenvalue weighted by molar-refractivity contribution is 5.59. The van der Waals surface area contributed by atoms with Crippen molar-refractivity contribution < 1.29 is 4.74 Å². The van der Waals surface area contributed by atoms with Gasteiger partial charge >= 0.3 is 0 Å². The molecule has 1 aromatic rings. The van der Waals surface area contributed by atoms with Crippen LogP contribution >= 0.6 is 0 Å². The number of benzene rings is 1. The summed E-state index contributed by atoms with van der Waals surface area (Å²) in [4.78, 5) is 0. The summed E-state index contributed by atoms with van der Waals surface area (Å²) in [6, 6.07) is 4.16. The monoisotopic (exact) mass is 222 g/mol. The molecule has 0 unspecified atom stereocenters. The summed E-state index contributed by atoms with van der Waals surface area (Å²) in [5.41, 5.74) is 9.15. The highest BCUT2D eigenvalue weighted by Crippen LogP contribution is 2.33. The maximum Gasteiger partial charge on any atom is 0.146 e. The van der Waals surface area contributed by atoms with Crippen molar-refractivity contribution in [2.24, 2.45) is 0 Å². The molecule has 3 nitrogen and oxygen atoms in total. The fraction of sp³-hybridized carbons (Fsp3) is 0.538. The Kier molecular flexibility index (Phi) is 3.81. The lowest BCUT2D eigenvalue weighted by Gasteiger charge is -2.22. The molecule has 0 fully saturated rings. The number of nitrogen functional groups attached to an aromatic ring is 1. The van der Waals surface area contributed by atoms with Gasteiger partial charge in [-0.15, -0.1) is 0 Å². The van der Waals surface area contributed by atoms with Crippen LogP contribution in [0.2, 0.25) is 0 Å². The third-order valence-corrected chi connectivity index (χ3v) is 2.63. The van der Waals surface area contributed by atoms with Gasteiger partial charge in [-0.25, -0.2) is 0 Å². The van der Waals surface area contributed by atoms with Gasteiger partial charge < -0.3 is 15.8 Å².